The van der Waals surface area contributed by atoms with Crippen molar-refractivity contribution < 1.29 is 9.59 Å². The fourth-order valence-electron chi connectivity index (χ4n) is 3.38. The van der Waals surface area contributed by atoms with Gasteiger partial charge in [0, 0.05) is 34.8 Å². The second kappa shape index (κ2) is 7.37. The Hall–Kier alpha value is -2.92. The van der Waals surface area contributed by atoms with Crippen molar-refractivity contribution in [2.24, 2.45) is 0 Å². The monoisotopic (exact) mass is 376 g/mol. The van der Waals surface area contributed by atoms with E-state index in [4.69, 9.17) is 0 Å². The van der Waals surface area contributed by atoms with E-state index < -0.39 is 0 Å². The molecule has 0 radical (unpaired) electrons. The summed E-state index contributed by atoms with van der Waals surface area (Å²) < 4.78 is 0. The number of anilines is 1. The standard InChI is InChI=1S/C22H20N2O2S/c1-15-18(22(26)24-12-10-20-17(14-24)11-13-27-20)8-5-9-19(15)23-21(25)16-6-3-2-4-7-16/h2-9,11,13H,10,12,14H2,1H3,(H,23,25). The van der Waals surface area contributed by atoms with Gasteiger partial charge in [-0.3, -0.25) is 9.59 Å². The van der Waals surface area contributed by atoms with Crippen molar-refractivity contribution in [1.82, 2.24) is 4.90 Å². The first-order valence-corrected chi connectivity index (χ1v) is 9.82. The van der Waals surface area contributed by atoms with Crippen molar-refractivity contribution in [2.45, 2.75) is 19.9 Å². The van der Waals surface area contributed by atoms with Gasteiger partial charge >= 0.3 is 0 Å². The van der Waals surface area contributed by atoms with E-state index in [1.807, 2.05) is 48.2 Å². The summed E-state index contributed by atoms with van der Waals surface area (Å²) in [5, 5.41) is 5.02. The van der Waals surface area contributed by atoms with Gasteiger partial charge in [0.25, 0.3) is 11.8 Å². The van der Waals surface area contributed by atoms with Crippen molar-refractivity contribution in [3.63, 3.8) is 0 Å². The minimum absolute atomic E-state index is 0.0140. The number of hydrogen-bond donors (Lipinski definition) is 1. The van der Waals surface area contributed by atoms with Gasteiger partial charge < -0.3 is 10.2 Å². The lowest BCUT2D eigenvalue weighted by atomic mass is 10.0. The normalized spacial score (nSPS) is 13.1. The molecule has 0 saturated carbocycles. The van der Waals surface area contributed by atoms with Gasteiger partial charge in [-0.25, -0.2) is 0 Å². The average Bonchev–Trinajstić information content (AvgIpc) is 3.17. The van der Waals surface area contributed by atoms with Crippen LogP contribution in [-0.2, 0) is 13.0 Å². The highest BCUT2D eigenvalue weighted by Gasteiger charge is 2.24. The first-order chi connectivity index (χ1) is 13.1. The van der Waals surface area contributed by atoms with Crippen LogP contribution in [0.15, 0.2) is 60.0 Å². The molecule has 0 spiro atoms. The highest BCUT2D eigenvalue weighted by molar-refractivity contribution is 7.10. The molecule has 2 amide bonds. The van der Waals surface area contributed by atoms with Crippen LogP contribution >= 0.6 is 11.3 Å². The molecule has 1 aliphatic heterocycles. The van der Waals surface area contributed by atoms with Crippen molar-refractivity contribution in [1.29, 1.82) is 0 Å². The van der Waals surface area contributed by atoms with E-state index in [0.29, 0.717) is 23.4 Å². The fourth-order valence-corrected chi connectivity index (χ4v) is 4.27. The molecule has 0 atom stereocenters. The maximum absolute atomic E-state index is 13.1. The molecule has 4 rings (SSSR count). The number of thiophene rings is 1. The maximum Gasteiger partial charge on any atom is 0.255 e. The van der Waals surface area contributed by atoms with E-state index in [9.17, 15) is 9.59 Å². The van der Waals surface area contributed by atoms with Gasteiger partial charge in [0.05, 0.1) is 0 Å². The van der Waals surface area contributed by atoms with Crippen LogP contribution in [0.4, 0.5) is 5.69 Å². The van der Waals surface area contributed by atoms with Gasteiger partial charge in [0.1, 0.15) is 0 Å². The molecule has 1 aliphatic rings. The molecule has 0 unspecified atom stereocenters. The molecule has 0 bridgehead atoms. The molecule has 0 fully saturated rings. The second-order valence-corrected chi connectivity index (χ2v) is 7.64. The van der Waals surface area contributed by atoms with Crippen LogP contribution in [-0.4, -0.2) is 23.3 Å². The molecule has 5 heteroatoms. The molecule has 27 heavy (non-hydrogen) atoms. The molecule has 0 aliphatic carbocycles. The lowest BCUT2D eigenvalue weighted by Crippen LogP contribution is -2.35. The van der Waals surface area contributed by atoms with Crippen molar-refractivity contribution in [3.8, 4) is 0 Å². The van der Waals surface area contributed by atoms with E-state index in [1.165, 1.54) is 10.4 Å². The quantitative estimate of drug-likeness (QED) is 0.731. The van der Waals surface area contributed by atoms with Gasteiger partial charge in [0.2, 0.25) is 0 Å². The number of carbonyl (C=O) groups is 2. The Balaban J connectivity index is 1.55. The Kier molecular flexibility index (Phi) is 4.77. The number of hydrogen-bond acceptors (Lipinski definition) is 3. The number of amides is 2. The maximum atomic E-state index is 13.1. The van der Waals surface area contributed by atoms with E-state index in [-0.39, 0.29) is 11.8 Å². The summed E-state index contributed by atoms with van der Waals surface area (Å²) >= 11 is 1.76. The summed E-state index contributed by atoms with van der Waals surface area (Å²) in [6.07, 6.45) is 0.905. The van der Waals surface area contributed by atoms with Gasteiger partial charge in [-0.2, -0.15) is 0 Å². The summed E-state index contributed by atoms with van der Waals surface area (Å²) in [4.78, 5) is 28.8. The van der Waals surface area contributed by atoms with Crippen molar-refractivity contribution in [2.75, 3.05) is 11.9 Å². The van der Waals surface area contributed by atoms with Crippen LogP contribution in [0.3, 0.4) is 0 Å². The van der Waals surface area contributed by atoms with E-state index in [2.05, 4.69) is 16.8 Å². The largest absolute Gasteiger partial charge is 0.334 e. The summed E-state index contributed by atoms with van der Waals surface area (Å²) in [6.45, 7) is 3.26. The number of fused-ring (bicyclic) bond motifs is 1. The molecule has 4 nitrogen and oxygen atoms in total. The molecular formula is C22H20N2O2S. The molecule has 2 aromatic carbocycles. The molecular weight excluding hydrogens is 356 g/mol. The van der Waals surface area contributed by atoms with Crippen LogP contribution in [0.2, 0.25) is 0 Å². The molecule has 1 N–H and O–H groups in total. The van der Waals surface area contributed by atoms with Crippen LogP contribution in [0.5, 0.6) is 0 Å². The Morgan fingerprint density at radius 1 is 1.04 bits per heavy atom. The third kappa shape index (κ3) is 3.51. The minimum Gasteiger partial charge on any atom is -0.334 e. The summed E-state index contributed by atoms with van der Waals surface area (Å²) in [5.41, 5.74) is 3.94. The fraction of sp³-hybridized carbons (Fsp3) is 0.182. The number of nitrogens with one attached hydrogen (secondary N) is 1. The zero-order valence-corrected chi connectivity index (χ0v) is 15.9. The molecule has 3 aromatic rings. The van der Waals surface area contributed by atoms with Crippen LogP contribution in [0.25, 0.3) is 0 Å². The SMILES string of the molecule is Cc1c(NC(=O)c2ccccc2)cccc1C(=O)N1CCc2sccc2C1. The third-order valence-electron chi connectivity index (χ3n) is 4.94. The number of benzene rings is 2. The van der Waals surface area contributed by atoms with E-state index in [0.717, 1.165) is 18.5 Å². The number of rotatable bonds is 3. The predicted molar refractivity (Wildman–Crippen MR) is 108 cm³/mol. The zero-order chi connectivity index (χ0) is 18.8. The third-order valence-corrected chi connectivity index (χ3v) is 5.97. The predicted octanol–water partition coefficient (Wildman–Crippen LogP) is 4.51. The van der Waals surface area contributed by atoms with E-state index in [1.54, 1.807) is 23.5 Å². The first-order valence-electron chi connectivity index (χ1n) is 8.94. The Morgan fingerprint density at radius 2 is 1.85 bits per heavy atom. The van der Waals surface area contributed by atoms with Crippen LogP contribution in [0, 0.1) is 6.92 Å². The number of carbonyl (C=O) groups excluding carboxylic acids is 2. The van der Waals surface area contributed by atoms with Crippen LogP contribution in [0.1, 0.15) is 36.7 Å². The minimum atomic E-state index is -0.177. The Morgan fingerprint density at radius 3 is 2.67 bits per heavy atom. The summed E-state index contributed by atoms with van der Waals surface area (Å²) in [5.74, 6) is -0.163. The lowest BCUT2D eigenvalue weighted by molar-refractivity contribution is 0.0735. The molecule has 2 heterocycles. The Bertz CT molecular complexity index is 995. The van der Waals surface area contributed by atoms with Gasteiger partial charge in [-0.05, 0) is 60.2 Å². The Labute approximate surface area is 162 Å². The molecule has 136 valence electrons. The molecule has 0 saturated heterocycles. The topological polar surface area (TPSA) is 49.4 Å². The second-order valence-electron chi connectivity index (χ2n) is 6.64. The first kappa shape index (κ1) is 17.5. The van der Waals surface area contributed by atoms with Crippen molar-refractivity contribution in [3.05, 3.63) is 87.1 Å². The van der Waals surface area contributed by atoms with Crippen LogP contribution < -0.4 is 5.32 Å². The zero-order valence-electron chi connectivity index (χ0n) is 15.1. The van der Waals surface area contributed by atoms with Gasteiger partial charge in [-0.1, -0.05) is 24.3 Å². The highest BCUT2D eigenvalue weighted by atomic mass is 32.1. The highest BCUT2D eigenvalue weighted by Crippen LogP contribution is 2.27. The van der Waals surface area contributed by atoms with Crippen molar-refractivity contribution >= 4 is 28.8 Å². The average molecular weight is 376 g/mol. The summed E-state index contributed by atoms with van der Waals surface area (Å²) in [6, 6.07) is 16.7. The van der Waals surface area contributed by atoms with Gasteiger partial charge in [-0.15, -0.1) is 11.3 Å². The number of nitrogens with zero attached hydrogens (tertiary/aromatic N) is 1. The summed E-state index contributed by atoms with van der Waals surface area (Å²) in [7, 11) is 0. The van der Waals surface area contributed by atoms with E-state index >= 15 is 0 Å². The lowest BCUT2D eigenvalue weighted by Gasteiger charge is -2.28. The smallest absolute Gasteiger partial charge is 0.255 e. The van der Waals surface area contributed by atoms with Gasteiger partial charge in [0.15, 0.2) is 0 Å². The molecule has 1 aromatic heterocycles.